The minimum atomic E-state index is -4.51. The molecule has 0 spiro atoms. The monoisotopic (exact) mass is 258 g/mol. The molecular formula is C12H13F3N2O. The molecule has 98 valence electrons. The normalized spacial score (nSPS) is 12.8. The van der Waals surface area contributed by atoms with Crippen molar-refractivity contribution in [2.45, 2.75) is 12.8 Å². The van der Waals surface area contributed by atoms with Gasteiger partial charge >= 0.3 is 6.18 Å². The van der Waals surface area contributed by atoms with Gasteiger partial charge in [-0.15, -0.1) is 0 Å². The number of hydrogen-bond donors (Lipinski definition) is 1. The molecule has 1 N–H and O–H groups in total. The van der Waals surface area contributed by atoms with Gasteiger partial charge < -0.3 is 10.1 Å². The highest BCUT2D eigenvalue weighted by atomic mass is 19.4. The van der Waals surface area contributed by atoms with Crippen molar-refractivity contribution in [1.82, 2.24) is 0 Å². The van der Waals surface area contributed by atoms with Crippen molar-refractivity contribution >= 4 is 5.69 Å². The number of halogens is 3. The van der Waals surface area contributed by atoms with Crippen molar-refractivity contribution in [2.24, 2.45) is 5.92 Å². The number of nitriles is 1. The molecule has 18 heavy (non-hydrogen) atoms. The van der Waals surface area contributed by atoms with Crippen molar-refractivity contribution in [1.29, 1.82) is 5.26 Å². The zero-order valence-electron chi connectivity index (χ0n) is 9.79. The number of nitrogens with one attached hydrogen (secondary N) is 1. The molecule has 1 aromatic rings. The van der Waals surface area contributed by atoms with Crippen LogP contribution < -0.4 is 5.32 Å². The SMILES string of the molecule is COCc1cccc(NCC(C#N)C(F)(F)F)c1. The zero-order chi connectivity index (χ0) is 13.6. The fraction of sp³-hybridized carbons (Fsp3) is 0.417. The molecule has 1 rings (SSSR count). The van der Waals surface area contributed by atoms with E-state index in [2.05, 4.69) is 5.32 Å². The Morgan fingerprint density at radius 2 is 2.17 bits per heavy atom. The van der Waals surface area contributed by atoms with E-state index in [1.54, 1.807) is 24.3 Å². The van der Waals surface area contributed by atoms with Crippen LogP contribution in [0.25, 0.3) is 0 Å². The quantitative estimate of drug-likeness (QED) is 0.883. The molecule has 1 atom stereocenters. The Balaban J connectivity index is 2.63. The van der Waals surface area contributed by atoms with Crippen LogP contribution in [-0.4, -0.2) is 19.8 Å². The first-order chi connectivity index (χ1) is 8.47. The lowest BCUT2D eigenvalue weighted by atomic mass is 10.1. The van der Waals surface area contributed by atoms with Crippen molar-refractivity contribution in [2.75, 3.05) is 19.0 Å². The molecule has 1 aromatic carbocycles. The predicted octanol–water partition coefficient (Wildman–Crippen LogP) is 2.95. The van der Waals surface area contributed by atoms with E-state index in [0.29, 0.717) is 12.3 Å². The van der Waals surface area contributed by atoms with Gasteiger partial charge in [0.1, 0.15) is 0 Å². The lowest BCUT2D eigenvalue weighted by Crippen LogP contribution is -2.28. The van der Waals surface area contributed by atoms with Gasteiger partial charge in [0.25, 0.3) is 0 Å². The number of rotatable bonds is 5. The van der Waals surface area contributed by atoms with Crippen molar-refractivity contribution in [3.63, 3.8) is 0 Å². The van der Waals surface area contributed by atoms with E-state index in [0.717, 1.165) is 5.56 Å². The molecule has 0 saturated carbocycles. The molecule has 0 heterocycles. The maximum Gasteiger partial charge on any atom is 0.406 e. The van der Waals surface area contributed by atoms with Crippen LogP contribution in [0.4, 0.5) is 18.9 Å². The summed E-state index contributed by atoms with van der Waals surface area (Å²) in [7, 11) is 1.54. The molecule has 0 aromatic heterocycles. The summed E-state index contributed by atoms with van der Waals surface area (Å²) in [4.78, 5) is 0. The van der Waals surface area contributed by atoms with Crippen LogP contribution in [0.5, 0.6) is 0 Å². The van der Waals surface area contributed by atoms with E-state index >= 15 is 0 Å². The Bertz CT molecular complexity index is 426. The van der Waals surface area contributed by atoms with Gasteiger partial charge in [0.05, 0.1) is 12.7 Å². The number of methoxy groups -OCH3 is 1. The van der Waals surface area contributed by atoms with Gasteiger partial charge in [0.15, 0.2) is 5.92 Å². The topological polar surface area (TPSA) is 45.0 Å². The number of anilines is 1. The molecule has 3 nitrogen and oxygen atoms in total. The molecule has 0 aliphatic rings. The third-order valence-corrected chi connectivity index (χ3v) is 2.30. The summed E-state index contributed by atoms with van der Waals surface area (Å²) in [5, 5.41) is 11.1. The van der Waals surface area contributed by atoms with Crippen LogP contribution in [0.2, 0.25) is 0 Å². The minimum absolute atomic E-state index is 0.385. The smallest absolute Gasteiger partial charge is 0.383 e. The summed E-state index contributed by atoms with van der Waals surface area (Å²) in [6.45, 7) is -0.0765. The fourth-order valence-corrected chi connectivity index (χ4v) is 1.39. The molecule has 0 amide bonds. The number of nitrogens with zero attached hydrogens (tertiary/aromatic N) is 1. The Kier molecular flexibility index (Phi) is 4.98. The van der Waals surface area contributed by atoms with E-state index in [4.69, 9.17) is 10.00 Å². The second-order valence-electron chi connectivity index (χ2n) is 3.74. The van der Waals surface area contributed by atoms with Crippen LogP contribution >= 0.6 is 0 Å². The van der Waals surface area contributed by atoms with Crippen LogP contribution in [-0.2, 0) is 11.3 Å². The molecule has 6 heteroatoms. The highest BCUT2D eigenvalue weighted by molar-refractivity contribution is 5.45. The lowest BCUT2D eigenvalue weighted by Gasteiger charge is -2.15. The molecule has 0 bridgehead atoms. The Morgan fingerprint density at radius 1 is 1.44 bits per heavy atom. The summed E-state index contributed by atoms with van der Waals surface area (Å²) in [5.41, 5.74) is 1.39. The van der Waals surface area contributed by atoms with Crippen LogP contribution in [0.3, 0.4) is 0 Å². The van der Waals surface area contributed by atoms with Gasteiger partial charge in [-0.3, -0.25) is 0 Å². The molecule has 0 fully saturated rings. The highest BCUT2D eigenvalue weighted by Gasteiger charge is 2.39. The van der Waals surface area contributed by atoms with Crippen LogP contribution in [0.15, 0.2) is 24.3 Å². The predicted molar refractivity (Wildman–Crippen MR) is 60.8 cm³/mol. The van der Waals surface area contributed by atoms with E-state index in [-0.39, 0.29) is 0 Å². The Hall–Kier alpha value is -1.74. The van der Waals surface area contributed by atoms with E-state index in [1.165, 1.54) is 13.2 Å². The molecule has 0 saturated heterocycles. The molecule has 0 radical (unpaired) electrons. The minimum Gasteiger partial charge on any atom is -0.383 e. The third kappa shape index (κ3) is 4.26. The first-order valence-corrected chi connectivity index (χ1v) is 5.25. The number of benzene rings is 1. The summed E-state index contributed by atoms with van der Waals surface area (Å²) in [5.74, 6) is -2.01. The van der Waals surface area contributed by atoms with Crippen LogP contribution in [0.1, 0.15) is 5.56 Å². The lowest BCUT2D eigenvalue weighted by molar-refractivity contribution is -0.155. The summed E-state index contributed by atoms with van der Waals surface area (Å²) >= 11 is 0. The highest BCUT2D eigenvalue weighted by Crippen LogP contribution is 2.26. The number of ether oxygens (including phenoxy) is 1. The average molecular weight is 258 g/mol. The molecule has 1 unspecified atom stereocenters. The fourth-order valence-electron chi connectivity index (χ4n) is 1.39. The Morgan fingerprint density at radius 3 is 2.72 bits per heavy atom. The largest absolute Gasteiger partial charge is 0.406 e. The molecule has 0 aliphatic carbocycles. The van der Waals surface area contributed by atoms with Crippen molar-refractivity contribution in [3.05, 3.63) is 29.8 Å². The second kappa shape index (κ2) is 6.26. The molecular weight excluding hydrogens is 245 g/mol. The first-order valence-electron chi connectivity index (χ1n) is 5.25. The summed E-state index contributed by atoms with van der Waals surface area (Å²) in [6, 6.07) is 8.09. The van der Waals surface area contributed by atoms with Gasteiger partial charge in [-0.2, -0.15) is 18.4 Å². The first kappa shape index (κ1) is 14.3. The average Bonchev–Trinajstić information content (AvgIpc) is 2.29. The van der Waals surface area contributed by atoms with Crippen molar-refractivity contribution in [3.8, 4) is 6.07 Å². The van der Waals surface area contributed by atoms with Crippen molar-refractivity contribution < 1.29 is 17.9 Å². The van der Waals surface area contributed by atoms with E-state index < -0.39 is 18.6 Å². The van der Waals surface area contributed by atoms with Gasteiger partial charge in [-0.05, 0) is 17.7 Å². The second-order valence-corrected chi connectivity index (χ2v) is 3.74. The summed E-state index contributed by atoms with van der Waals surface area (Å²) in [6.07, 6.45) is -4.51. The standard InChI is InChI=1S/C12H13F3N2O/c1-18-8-9-3-2-4-11(5-9)17-7-10(6-16)12(13,14)15/h2-5,10,17H,7-8H2,1H3. The van der Waals surface area contributed by atoms with Gasteiger partial charge in [-0.1, -0.05) is 12.1 Å². The number of alkyl halides is 3. The van der Waals surface area contributed by atoms with E-state index in [1.807, 2.05) is 0 Å². The Labute approximate surface area is 103 Å². The maximum atomic E-state index is 12.3. The van der Waals surface area contributed by atoms with Gasteiger partial charge in [-0.25, -0.2) is 0 Å². The van der Waals surface area contributed by atoms with Gasteiger partial charge in [0, 0.05) is 19.3 Å². The molecule has 0 aliphatic heterocycles. The number of hydrogen-bond acceptors (Lipinski definition) is 3. The third-order valence-electron chi connectivity index (χ3n) is 2.30. The maximum absolute atomic E-state index is 12.3. The van der Waals surface area contributed by atoms with E-state index in [9.17, 15) is 13.2 Å². The summed E-state index contributed by atoms with van der Waals surface area (Å²) < 4.78 is 41.9. The van der Waals surface area contributed by atoms with Gasteiger partial charge in [0.2, 0.25) is 0 Å². The van der Waals surface area contributed by atoms with Crippen LogP contribution in [0, 0.1) is 17.2 Å². The zero-order valence-corrected chi connectivity index (χ0v) is 9.79.